The molecule has 1 saturated heterocycles. The van der Waals surface area contributed by atoms with Crippen molar-refractivity contribution in [2.24, 2.45) is 5.92 Å². The van der Waals surface area contributed by atoms with Gasteiger partial charge in [-0.25, -0.2) is 0 Å². The molecule has 0 aromatic carbocycles. The highest BCUT2D eigenvalue weighted by Gasteiger charge is 2.16. The molecule has 4 heteroatoms. The third-order valence-electron chi connectivity index (χ3n) is 2.92. The zero-order valence-corrected chi connectivity index (χ0v) is 9.71. The van der Waals surface area contributed by atoms with Crippen molar-refractivity contribution in [3.05, 3.63) is 0 Å². The standard InChI is InChI=1S/C11H22N2O2/c1-9(13-8-11(14)12-2)7-10-3-5-15-6-4-10/h9-10,13H,3-8H2,1-2H3,(H,12,14). The van der Waals surface area contributed by atoms with Crippen LogP contribution in [0.2, 0.25) is 0 Å². The molecule has 1 unspecified atom stereocenters. The van der Waals surface area contributed by atoms with Gasteiger partial charge in [-0.3, -0.25) is 4.79 Å². The molecule has 0 aromatic heterocycles. The van der Waals surface area contributed by atoms with Gasteiger partial charge in [0.05, 0.1) is 6.54 Å². The Balaban J connectivity index is 2.11. The van der Waals surface area contributed by atoms with Crippen LogP contribution in [0.1, 0.15) is 26.2 Å². The largest absolute Gasteiger partial charge is 0.381 e. The van der Waals surface area contributed by atoms with Crippen LogP contribution in [0.3, 0.4) is 0 Å². The number of carbonyl (C=O) groups is 1. The van der Waals surface area contributed by atoms with Gasteiger partial charge < -0.3 is 15.4 Å². The molecule has 0 aliphatic carbocycles. The molecule has 1 rings (SSSR count). The second-order valence-corrected chi connectivity index (χ2v) is 4.25. The summed E-state index contributed by atoms with van der Waals surface area (Å²) >= 11 is 0. The highest BCUT2D eigenvalue weighted by atomic mass is 16.5. The molecule has 1 aliphatic rings. The lowest BCUT2D eigenvalue weighted by Crippen LogP contribution is -2.37. The van der Waals surface area contributed by atoms with Crippen LogP contribution in [0, 0.1) is 5.92 Å². The molecular formula is C11H22N2O2. The van der Waals surface area contributed by atoms with Crippen LogP contribution in [-0.2, 0) is 9.53 Å². The van der Waals surface area contributed by atoms with Gasteiger partial charge in [-0.05, 0) is 32.1 Å². The van der Waals surface area contributed by atoms with Crippen LogP contribution < -0.4 is 10.6 Å². The zero-order valence-electron chi connectivity index (χ0n) is 9.71. The number of likely N-dealkylation sites (N-methyl/N-ethyl adjacent to an activating group) is 1. The molecule has 1 aliphatic heterocycles. The minimum atomic E-state index is 0.0498. The Morgan fingerprint density at radius 1 is 1.47 bits per heavy atom. The first-order valence-electron chi connectivity index (χ1n) is 5.74. The first-order valence-corrected chi connectivity index (χ1v) is 5.74. The minimum Gasteiger partial charge on any atom is -0.381 e. The molecule has 2 N–H and O–H groups in total. The lowest BCUT2D eigenvalue weighted by Gasteiger charge is -2.25. The van der Waals surface area contributed by atoms with Gasteiger partial charge in [0.2, 0.25) is 5.91 Å². The summed E-state index contributed by atoms with van der Waals surface area (Å²) in [5.74, 6) is 0.805. The van der Waals surface area contributed by atoms with Crippen molar-refractivity contribution in [3.63, 3.8) is 0 Å². The van der Waals surface area contributed by atoms with E-state index in [9.17, 15) is 4.79 Å². The van der Waals surface area contributed by atoms with Gasteiger partial charge >= 0.3 is 0 Å². The first-order chi connectivity index (χ1) is 7.22. The molecule has 0 radical (unpaired) electrons. The van der Waals surface area contributed by atoms with Crippen molar-refractivity contribution in [2.75, 3.05) is 26.8 Å². The molecule has 1 fully saturated rings. The minimum absolute atomic E-state index is 0.0498. The van der Waals surface area contributed by atoms with Crippen LogP contribution in [0.4, 0.5) is 0 Å². The van der Waals surface area contributed by atoms with E-state index in [1.165, 1.54) is 0 Å². The maximum Gasteiger partial charge on any atom is 0.233 e. The summed E-state index contributed by atoms with van der Waals surface area (Å²) in [7, 11) is 1.66. The molecule has 0 saturated carbocycles. The second-order valence-electron chi connectivity index (χ2n) is 4.25. The van der Waals surface area contributed by atoms with E-state index in [0.29, 0.717) is 12.6 Å². The maximum absolute atomic E-state index is 11.0. The van der Waals surface area contributed by atoms with E-state index in [4.69, 9.17) is 4.74 Å². The van der Waals surface area contributed by atoms with Crippen molar-refractivity contribution in [1.82, 2.24) is 10.6 Å². The number of rotatable bonds is 5. The molecule has 1 atom stereocenters. The predicted octanol–water partition coefficient (Wildman–Crippen LogP) is 0.527. The molecule has 0 bridgehead atoms. The van der Waals surface area contributed by atoms with Gasteiger partial charge in [-0.2, -0.15) is 0 Å². The van der Waals surface area contributed by atoms with E-state index < -0.39 is 0 Å². The average Bonchev–Trinajstić information content (AvgIpc) is 2.27. The Morgan fingerprint density at radius 3 is 2.73 bits per heavy atom. The van der Waals surface area contributed by atoms with Crippen LogP contribution >= 0.6 is 0 Å². The van der Waals surface area contributed by atoms with Gasteiger partial charge in [-0.1, -0.05) is 0 Å². The van der Waals surface area contributed by atoms with Crippen molar-refractivity contribution < 1.29 is 9.53 Å². The zero-order chi connectivity index (χ0) is 11.1. The third-order valence-corrected chi connectivity index (χ3v) is 2.92. The second kappa shape index (κ2) is 6.80. The summed E-state index contributed by atoms with van der Waals surface area (Å²) in [4.78, 5) is 11.0. The van der Waals surface area contributed by atoms with E-state index in [1.807, 2.05) is 0 Å². The molecule has 88 valence electrons. The van der Waals surface area contributed by atoms with Crippen molar-refractivity contribution >= 4 is 5.91 Å². The first kappa shape index (κ1) is 12.5. The average molecular weight is 214 g/mol. The fourth-order valence-corrected chi connectivity index (χ4v) is 1.92. The SMILES string of the molecule is CNC(=O)CNC(C)CC1CCOCC1. The van der Waals surface area contributed by atoms with E-state index in [0.717, 1.165) is 38.4 Å². The number of hydrogen-bond acceptors (Lipinski definition) is 3. The van der Waals surface area contributed by atoms with Gasteiger partial charge in [0, 0.05) is 26.3 Å². The van der Waals surface area contributed by atoms with Crippen molar-refractivity contribution in [3.8, 4) is 0 Å². The number of nitrogens with one attached hydrogen (secondary N) is 2. The molecule has 0 spiro atoms. The van der Waals surface area contributed by atoms with Crippen molar-refractivity contribution in [2.45, 2.75) is 32.2 Å². The summed E-state index contributed by atoms with van der Waals surface area (Å²) in [5, 5.41) is 5.83. The topological polar surface area (TPSA) is 50.4 Å². The molecule has 0 aromatic rings. The van der Waals surface area contributed by atoms with Crippen LogP contribution in [0.15, 0.2) is 0 Å². The van der Waals surface area contributed by atoms with E-state index >= 15 is 0 Å². The van der Waals surface area contributed by atoms with E-state index in [2.05, 4.69) is 17.6 Å². The number of carbonyl (C=O) groups excluding carboxylic acids is 1. The quantitative estimate of drug-likeness (QED) is 0.702. The van der Waals surface area contributed by atoms with E-state index in [-0.39, 0.29) is 5.91 Å². The Morgan fingerprint density at radius 2 is 2.13 bits per heavy atom. The Hall–Kier alpha value is -0.610. The normalized spacial score (nSPS) is 19.9. The summed E-state index contributed by atoms with van der Waals surface area (Å²) < 4.78 is 5.31. The van der Waals surface area contributed by atoms with Crippen LogP contribution in [0.25, 0.3) is 0 Å². The Labute approximate surface area is 91.8 Å². The highest BCUT2D eigenvalue weighted by molar-refractivity contribution is 5.77. The lowest BCUT2D eigenvalue weighted by atomic mass is 9.93. The summed E-state index contributed by atoms with van der Waals surface area (Å²) in [6.07, 6.45) is 3.46. The van der Waals surface area contributed by atoms with Gasteiger partial charge in [0.15, 0.2) is 0 Å². The Bertz CT molecular complexity index is 191. The fraction of sp³-hybridized carbons (Fsp3) is 0.909. The lowest BCUT2D eigenvalue weighted by molar-refractivity contribution is -0.119. The molecular weight excluding hydrogens is 192 g/mol. The Kier molecular flexibility index (Phi) is 5.65. The van der Waals surface area contributed by atoms with Gasteiger partial charge in [0.1, 0.15) is 0 Å². The van der Waals surface area contributed by atoms with Crippen molar-refractivity contribution in [1.29, 1.82) is 0 Å². The monoisotopic (exact) mass is 214 g/mol. The molecule has 15 heavy (non-hydrogen) atoms. The summed E-state index contributed by atoms with van der Waals surface area (Å²) in [6.45, 7) is 4.35. The fourth-order valence-electron chi connectivity index (χ4n) is 1.92. The van der Waals surface area contributed by atoms with Gasteiger partial charge in [0.25, 0.3) is 0 Å². The highest BCUT2D eigenvalue weighted by Crippen LogP contribution is 2.19. The number of amides is 1. The summed E-state index contributed by atoms with van der Waals surface area (Å²) in [5.41, 5.74) is 0. The third kappa shape index (κ3) is 5.14. The predicted molar refractivity (Wildman–Crippen MR) is 59.7 cm³/mol. The van der Waals surface area contributed by atoms with Gasteiger partial charge in [-0.15, -0.1) is 0 Å². The van der Waals surface area contributed by atoms with Crippen LogP contribution in [0.5, 0.6) is 0 Å². The maximum atomic E-state index is 11.0. The molecule has 4 nitrogen and oxygen atoms in total. The molecule has 1 amide bonds. The van der Waals surface area contributed by atoms with E-state index in [1.54, 1.807) is 7.05 Å². The smallest absolute Gasteiger partial charge is 0.233 e. The summed E-state index contributed by atoms with van der Waals surface area (Å²) in [6, 6.07) is 0.408. The number of ether oxygens (including phenoxy) is 1. The molecule has 1 heterocycles. The van der Waals surface area contributed by atoms with Crippen LogP contribution in [-0.4, -0.2) is 38.8 Å². The number of hydrogen-bond donors (Lipinski definition) is 2.